The van der Waals surface area contributed by atoms with E-state index >= 15 is 0 Å². The van der Waals surface area contributed by atoms with Crippen LogP contribution in [-0.4, -0.2) is 42.9 Å². The number of nitrogens with one attached hydrogen (secondary N) is 1. The number of hydrogen-bond acceptors (Lipinski definition) is 3. The summed E-state index contributed by atoms with van der Waals surface area (Å²) in [6, 6.07) is 19.3. The molecule has 0 aromatic heterocycles. The number of benzene rings is 2. The van der Waals surface area contributed by atoms with Crippen LogP contribution in [0.25, 0.3) is 0 Å². The number of carbonyl (C=O) groups is 2. The molecule has 5 heteroatoms. The highest BCUT2D eigenvalue weighted by Crippen LogP contribution is 2.20. The molecule has 0 aliphatic carbocycles. The third kappa shape index (κ3) is 5.17. The molecular weight excluding hydrogens is 338 g/mol. The highest BCUT2D eigenvalue weighted by molar-refractivity contribution is 5.95. The van der Waals surface area contributed by atoms with Gasteiger partial charge in [-0.05, 0) is 50.6 Å². The predicted octanol–water partition coefficient (Wildman–Crippen LogP) is 3.39. The van der Waals surface area contributed by atoms with Crippen molar-refractivity contribution in [2.24, 2.45) is 5.92 Å². The van der Waals surface area contributed by atoms with E-state index in [2.05, 4.69) is 10.2 Å². The fraction of sp³-hybridized carbons (Fsp3) is 0.364. The van der Waals surface area contributed by atoms with Crippen LogP contribution in [0.4, 0.5) is 11.4 Å². The fourth-order valence-corrected chi connectivity index (χ4v) is 3.57. The average Bonchev–Trinajstić information content (AvgIpc) is 2.70. The maximum absolute atomic E-state index is 12.8. The van der Waals surface area contributed by atoms with Crippen molar-refractivity contribution in [3.8, 4) is 0 Å². The predicted molar refractivity (Wildman–Crippen MR) is 109 cm³/mol. The van der Waals surface area contributed by atoms with E-state index in [1.165, 1.54) is 0 Å². The van der Waals surface area contributed by atoms with Crippen LogP contribution < -0.4 is 10.2 Å². The van der Waals surface area contributed by atoms with Crippen molar-refractivity contribution in [2.75, 3.05) is 36.4 Å². The van der Waals surface area contributed by atoms with Crippen molar-refractivity contribution in [1.82, 2.24) is 4.90 Å². The topological polar surface area (TPSA) is 52.7 Å². The third-order valence-electron chi connectivity index (χ3n) is 4.96. The van der Waals surface area contributed by atoms with Gasteiger partial charge in [-0.2, -0.15) is 0 Å². The van der Waals surface area contributed by atoms with Gasteiger partial charge in [-0.3, -0.25) is 14.5 Å². The van der Waals surface area contributed by atoms with Crippen LogP contribution >= 0.6 is 0 Å². The fourth-order valence-electron chi connectivity index (χ4n) is 3.57. The largest absolute Gasteiger partial charge is 0.326 e. The molecule has 0 radical (unpaired) electrons. The number of para-hydroxylation sites is 2. The number of carbonyl (C=O) groups excluding carboxylic acids is 2. The van der Waals surface area contributed by atoms with Gasteiger partial charge in [0.15, 0.2) is 0 Å². The third-order valence-corrected chi connectivity index (χ3v) is 4.96. The van der Waals surface area contributed by atoms with Crippen molar-refractivity contribution in [3.63, 3.8) is 0 Å². The Kier molecular flexibility index (Phi) is 6.60. The second kappa shape index (κ2) is 9.33. The molecule has 2 aromatic carbocycles. The van der Waals surface area contributed by atoms with Gasteiger partial charge in [-0.1, -0.05) is 36.4 Å². The van der Waals surface area contributed by atoms with Crippen LogP contribution in [-0.2, 0) is 9.59 Å². The Balaban J connectivity index is 1.57. The highest BCUT2D eigenvalue weighted by atomic mass is 16.2. The molecule has 3 rings (SSSR count). The molecular formula is C22H27N3O2. The summed E-state index contributed by atoms with van der Waals surface area (Å²) in [5, 5.41) is 2.98. The molecule has 2 aromatic rings. The number of rotatable bonds is 6. The van der Waals surface area contributed by atoms with Gasteiger partial charge in [0, 0.05) is 24.5 Å². The molecule has 1 heterocycles. The van der Waals surface area contributed by atoms with E-state index in [1.54, 1.807) is 4.90 Å². The Bertz CT molecular complexity index is 749. The lowest BCUT2D eigenvalue weighted by molar-refractivity contribution is -0.124. The lowest BCUT2D eigenvalue weighted by atomic mass is 9.97. The van der Waals surface area contributed by atoms with Gasteiger partial charge in [0.2, 0.25) is 11.8 Å². The number of likely N-dealkylation sites (tertiary alicyclic amines) is 1. The standard InChI is InChI=1S/C22H27N3O2/c1-2-25(20-13-7-4-8-14-20)21(26)17-24-15-9-10-18(16-24)22(27)23-19-11-5-3-6-12-19/h3-8,11-14,18H,2,9-10,15-17H2,1H3,(H,23,27)/t18-/m0/s1. The Morgan fingerprint density at radius 1 is 1.07 bits per heavy atom. The summed E-state index contributed by atoms with van der Waals surface area (Å²) in [6.07, 6.45) is 1.79. The number of hydrogen-bond donors (Lipinski definition) is 1. The molecule has 0 unspecified atom stereocenters. The van der Waals surface area contributed by atoms with Gasteiger partial charge in [0.1, 0.15) is 0 Å². The molecule has 1 aliphatic heterocycles. The Morgan fingerprint density at radius 3 is 2.41 bits per heavy atom. The molecule has 27 heavy (non-hydrogen) atoms. The molecule has 5 nitrogen and oxygen atoms in total. The van der Waals surface area contributed by atoms with Gasteiger partial charge in [-0.25, -0.2) is 0 Å². The molecule has 1 fully saturated rings. The van der Waals surface area contributed by atoms with Crippen LogP contribution in [0.15, 0.2) is 60.7 Å². The van der Waals surface area contributed by atoms with Crippen molar-refractivity contribution in [2.45, 2.75) is 19.8 Å². The smallest absolute Gasteiger partial charge is 0.241 e. The molecule has 0 bridgehead atoms. The Morgan fingerprint density at radius 2 is 1.74 bits per heavy atom. The summed E-state index contributed by atoms with van der Waals surface area (Å²) in [5.74, 6) is 0.0279. The highest BCUT2D eigenvalue weighted by Gasteiger charge is 2.28. The first kappa shape index (κ1) is 19.1. The SMILES string of the molecule is CCN(C(=O)CN1CCC[C@H](C(=O)Nc2ccccc2)C1)c1ccccc1. The van der Waals surface area contributed by atoms with E-state index < -0.39 is 0 Å². The molecule has 2 amide bonds. The van der Waals surface area contributed by atoms with Crippen LogP contribution in [0.5, 0.6) is 0 Å². The second-order valence-corrected chi connectivity index (χ2v) is 6.90. The normalized spacial score (nSPS) is 17.3. The summed E-state index contributed by atoms with van der Waals surface area (Å²) >= 11 is 0. The van der Waals surface area contributed by atoms with Crippen LogP contribution in [0, 0.1) is 5.92 Å². The molecule has 142 valence electrons. The molecule has 0 spiro atoms. The van der Waals surface area contributed by atoms with Crippen LogP contribution in [0.1, 0.15) is 19.8 Å². The lowest BCUT2D eigenvalue weighted by Crippen LogP contribution is -2.46. The van der Waals surface area contributed by atoms with E-state index in [1.807, 2.05) is 67.6 Å². The minimum Gasteiger partial charge on any atom is -0.326 e. The maximum atomic E-state index is 12.8. The summed E-state index contributed by atoms with van der Waals surface area (Å²) < 4.78 is 0. The zero-order chi connectivity index (χ0) is 19.1. The number of nitrogens with zero attached hydrogens (tertiary/aromatic N) is 2. The minimum atomic E-state index is -0.0847. The Hall–Kier alpha value is -2.66. The van der Waals surface area contributed by atoms with Gasteiger partial charge in [0.25, 0.3) is 0 Å². The molecule has 1 N–H and O–H groups in total. The second-order valence-electron chi connectivity index (χ2n) is 6.90. The molecule has 1 saturated heterocycles. The Labute approximate surface area is 161 Å². The quantitative estimate of drug-likeness (QED) is 0.854. The molecule has 1 aliphatic rings. The molecule has 1 atom stereocenters. The number of anilines is 2. The molecule has 0 saturated carbocycles. The van der Waals surface area contributed by atoms with Gasteiger partial charge in [0.05, 0.1) is 12.5 Å². The van der Waals surface area contributed by atoms with Crippen molar-refractivity contribution in [3.05, 3.63) is 60.7 Å². The number of piperidine rings is 1. The zero-order valence-electron chi connectivity index (χ0n) is 15.8. The van der Waals surface area contributed by atoms with E-state index in [-0.39, 0.29) is 17.7 Å². The van der Waals surface area contributed by atoms with Gasteiger partial charge in [-0.15, -0.1) is 0 Å². The average molecular weight is 365 g/mol. The van der Waals surface area contributed by atoms with Crippen molar-refractivity contribution in [1.29, 1.82) is 0 Å². The first-order valence-electron chi connectivity index (χ1n) is 9.61. The van der Waals surface area contributed by atoms with Gasteiger partial charge < -0.3 is 10.2 Å². The zero-order valence-corrected chi connectivity index (χ0v) is 15.8. The first-order chi connectivity index (χ1) is 13.2. The lowest BCUT2D eigenvalue weighted by Gasteiger charge is -2.33. The van der Waals surface area contributed by atoms with E-state index in [0.29, 0.717) is 19.6 Å². The van der Waals surface area contributed by atoms with Crippen LogP contribution in [0.2, 0.25) is 0 Å². The van der Waals surface area contributed by atoms with Crippen LogP contribution in [0.3, 0.4) is 0 Å². The summed E-state index contributed by atoms with van der Waals surface area (Å²) in [5.41, 5.74) is 1.73. The minimum absolute atomic E-state index is 0.0359. The number of likely N-dealkylation sites (N-methyl/N-ethyl adjacent to an activating group) is 1. The van der Waals surface area contributed by atoms with E-state index in [4.69, 9.17) is 0 Å². The monoisotopic (exact) mass is 365 g/mol. The van der Waals surface area contributed by atoms with Crippen molar-refractivity contribution < 1.29 is 9.59 Å². The summed E-state index contributed by atoms with van der Waals surface area (Å²) in [6.45, 7) is 4.44. The first-order valence-corrected chi connectivity index (χ1v) is 9.61. The van der Waals surface area contributed by atoms with E-state index in [9.17, 15) is 9.59 Å². The van der Waals surface area contributed by atoms with E-state index in [0.717, 1.165) is 30.8 Å². The summed E-state index contributed by atoms with van der Waals surface area (Å²) in [7, 11) is 0. The van der Waals surface area contributed by atoms with Crippen molar-refractivity contribution >= 4 is 23.2 Å². The summed E-state index contributed by atoms with van der Waals surface area (Å²) in [4.78, 5) is 29.3. The van der Waals surface area contributed by atoms with Gasteiger partial charge >= 0.3 is 0 Å². The number of amides is 2. The maximum Gasteiger partial charge on any atom is 0.241 e.